The summed E-state index contributed by atoms with van der Waals surface area (Å²) in [5, 5.41) is 7.79. The third-order valence-corrected chi connectivity index (χ3v) is 8.86. The lowest BCUT2D eigenvalue weighted by atomic mass is 9.77. The summed E-state index contributed by atoms with van der Waals surface area (Å²) in [6.07, 6.45) is 13.8. The van der Waals surface area contributed by atoms with Crippen LogP contribution in [0.15, 0.2) is 66.4 Å². The van der Waals surface area contributed by atoms with Gasteiger partial charge in [-0.05, 0) is 74.9 Å². The summed E-state index contributed by atoms with van der Waals surface area (Å²) in [5.41, 5.74) is 3.24. The number of halogens is 2. The van der Waals surface area contributed by atoms with Crippen molar-refractivity contribution in [2.45, 2.75) is 64.0 Å². The molecule has 1 aliphatic heterocycles. The van der Waals surface area contributed by atoms with E-state index >= 15 is 0 Å². The zero-order chi connectivity index (χ0) is 26.6. The quantitative estimate of drug-likeness (QED) is 0.400. The summed E-state index contributed by atoms with van der Waals surface area (Å²) in [4.78, 5) is 29.4. The van der Waals surface area contributed by atoms with E-state index in [1.54, 1.807) is 18.2 Å². The molecule has 7 heteroatoms. The average Bonchev–Trinajstić information content (AvgIpc) is 3.44. The molecule has 38 heavy (non-hydrogen) atoms. The summed E-state index contributed by atoms with van der Waals surface area (Å²) in [5.74, 6) is -0.543. The van der Waals surface area contributed by atoms with E-state index in [9.17, 15) is 9.59 Å². The Hall–Kier alpha value is -2.76. The number of carbonyl (C=O) groups is 2. The van der Waals surface area contributed by atoms with Crippen molar-refractivity contribution in [2.24, 2.45) is 11.8 Å². The van der Waals surface area contributed by atoms with Crippen molar-refractivity contribution >= 4 is 40.7 Å². The molecular weight excluding hydrogens is 517 g/mol. The van der Waals surface area contributed by atoms with Gasteiger partial charge in [-0.15, -0.1) is 0 Å². The minimum absolute atomic E-state index is 0.0215. The summed E-state index contributed by atoms with van der Waals surface area (Å²) < 4.78 is 0. The smallest absolute Gasteiger partial charge is 0.255 e. The monoisotopic (exact) mass is 551 g/mol. The first kappa shape index (κ1) is 26.8. The van der Waals surface area contributed by atoms with E-state index < -0.39 is 0 Å². The second-order valence-corrected chi connectivity index (χ2v) is 11.5. The van der Waals surface area contributed by atoms with E-state index in [1.165, 1.54) is 25.7 Å². The van der Waals surface area contributed by atoms with Crippen LogP contribution < -0.4 is 10.6 Å². The van der Waals surface area contributed by atoms with Crippen molar-refractivity contribution in [2.75, 3.05) is 11.9 Å². The Kier molecular flexibility index (Phi) is 8.45. The van der Waals surface area contributed by atoms with Gasteiger partial charge in [0.2, 0.25) is 5.91 Å². The number of rotatable bonds is 6. The minimum Gasteiger partial charge on any atom is -0.383 e. The predicted octanol–water partition coefficient (Wildman–Crippen LogP) is 7.15. The van der Waals surface area contributed by atoms with E-state index in [4.69, 9.17) is 23.2 Å². The van der Waals surface area contributed by atoms with E-state index in [0.717, 1.165) is 24.1 Å². The number of nitrogens with one attached hydrogen (secondary N) is 2. The van der Waals surface area contributed by atoms with Gasteiger partial charge >= 0.3 is 0 Å². The first-order valence-corrected chi connectivity index (χ1v) is 14.4. The molecule has 200 valence electrons. The Bertz CT molecular complexity index is 1250. The van der Waals surface area contributed by atoms with Crippen LogP contribution in [0.4, 0.5) is 5.69 Å². The van der Waals surface area contributed by atoms with Gasteiger partial charge in [0.25, 0.3) is 5.91 Å². The number of nitrogens with zero attached hydrogens (tertiary/aromatic N) is 1. The topological polar surface area (TPSA) is 61.4 Å². The number of carbonyl (C=O) groups excluding carboxylic acids is 2. The van der Waals surface area contributed by atoms with Gasteiger partial charge in [0.15, 0.2) is 0 Å². The van der Waals surface area contributed by atoms with Gasteiger partial charge in [-0.2, -0.15) is 0 Å². The standard InChI is InChI=1S/C31H35Cl2N3O2/c1-20-12-15-24(19-28(20)33)35-30(37)26-10-6-18-36(31(38)25-9-4-5-11-27(25)32)29(26)21-13-16-23(17-14-21)34-22-7-2-3-8-22/h4-5,9,11-13,15-17,19,21-22,26,29,34H,2-3,6-8,10,14,18H2,1H3,(H,35,37)/t21-,26?,29?/m1/s1. The first-order valence-electron chi connectivity index (χ1n) is 13.7. The molecule has 1 saturated carbocycles. The Balaban J connectivity index is 1.40. The molecule has 5 nitrogen and oxygen atoms in total. The first-order chi connectivity index (χ1) is 18.4. The molecule has 2 aromatic rings. The Morgan fingerprint density at radius 1 is 0.974 bits per heavy atom. The van der Waals surface area contributed by atoms with Crippen molar-refractivity contribution in [1.29, 1.82) is 0 Å². The number of hydrogen-bond acceptors (Lipinski definition) is 3. The van der Waals surface area contributed by atoms with Crippen molar-refractivity contribution in [3.63, 3.8) is 0 Å². The predicted molar refractivity (Wildman–Crippen MR) is 155 cm³/mol. The largest absolute Gasteiger partial charge is 0.383 e. The van der Waals surface area contributed by atoms with Gasteiger partial charge in [-0.25, -0.2) is 0 Å². The highest BCUT2D eigenvalue weighted by Gasteiger charge is 2.42. The average molecular weight is 553 g/mol. The normalized spacial score (nSPS) is 23.7. The van der Waals surface area contributed by atoms with Crippen molar-refractivity contribution in [3.8, 4) is 0 Å². The minimum atomic E-state index is -0.359. The SMILES string of the molecule is Cc1ccc(NC(=O)C2CCCN(C(=O)c3ccccc3Cl)C2[C@@H]2C=CC(NC3CCCC3)=CC2)cc1Cl. The fourth-order valence-electron chi connectivity index (χ4n) is 6.07. The summed E-state index contributed by atoms with van der Waals surface area (Å²) in [6.45, 7) is 2.53. The van der Waals surface area contributed by atoms with Crippen LogP contribution in [0.1, 0.15) is 60.9 Å². The molecular formula is C31H35Cl2N3O2. The molecule has 0 spiro atoms. The number of aryl methyl sites for hydroxylation is 1. The third-order valence-electron chi connectivity index (χ3n) is 8.13. The van der Waals surface area contributed by atoms with Crippen LogP contribution >= 0.6 is 23.2 Å². The lowest BCUT2D eigenvalue weighted by molar-refractivity contribution is -0.123. The van der Waals surface area contributed by atoms with Crippen LogP contribution in [-0.2, 0) is 4.79 Å². The van der Waals surface area contributed by atoms with Crippen LogP contribution in [-0.4, -0.2) is 35.3 Å². The molecule has 3 atom stereocenters. The highest BCUT2D eigenvalue weighted by Crippen LogP contribution is 2.36. The zero-order valence-electron chi connectivity index (χ0n) is 21.8. The van der Waals surface area contributed by atoms with Crippen molar-refractivity contribution in [1.82, 2.24) is 10.2 Å². The molecule has 2 N–H and O–H groups in total. The lowest BCUT2D eigenvalue weighted by Gasteiger charge is -2.44. The molecule has 2 amide bonds. The van der Waals surface area contributed by atoms with E-state index in [1.807, 2.05) is 36.1 Å². The molecule has 1 saturated heterocycles. The molecule has 5 rings (SSSR count). The molecule has 0 radical (unpaired) electrons. The summed E-state index contributed by atoms with van der Waals surface area (Å²) >= 11 is 12.8. The van der Waals surface area contributed by atoms with Gasteiger partial charge in [0.05, 0.1) is 22.5 Å². The Labute approximate surface area is 235 Å². The Morgan fingerprint density at radius 2 is 1.76 bits per heavy atom. The number of amides is 2. The maximum absolute atomic E-state index is 13.8. The fourth-order valence-corrected chi connectivity index (χ4v) is 6.47. The molecule has 3 aliphatic rings. The molecule has 2 aliphatic carbocycles. The second-order valence-electron chi connectivity index (χ2n) is 10.7. The van der Waals surface area contributed by atoms with E-state index in [0.29, 0.717) is 40.3 Å². The number of hydrogen-bond donors (Lipinski definition) is 2. The van der Waals surface area contributed by atoms with Gasteiger partial charge in [0, 0.05) is 34.9 Å². The highest BCUT2D eigenvalue weighted by molar-refractivity contribution is 6.33. The van der Waals surface area contributed by atoms with Crippen LogP contribution in [0.5, 0.6) is 0 Å². The number of piperidine rings is 1. The number of likely N-dealkylation sites (tertiary alicyclic amines) is 1. The number of benzene rings is 2. The molecule has 2 unspecified atom stereocenters. The van der Waals surface area contributed by atoms with Gasteiger partial charge in [-0.1, -0.05) is 66.4 Å². The van der Waals surface area contributed by atoms with Crippen LogP contribution in [0, 0.1) is 18.8 Å². The Morgan fingerprint density at radius 3 is 2.47 bits per heavy atom. The van der Waals surface area contributed by atoms with Gasteiger partial charge < -0.3 is 15.5 Å². The molecule has 0 bridgehead atoms. The van der Waals surface area contributed by atoms with E-state index in [2.05, 4.69) is 28.9 Å². The molecule has 2 fully saturated rings. The van der Waals surface area contributed by atoms with Crippen LogP contribution in [0.25, 0.3) is 0 Å². The second kappa shape index (κ2) is 12.0. The van der Waals surface area contributed by atoms with Crippen LogP contribution in [0.2, 0.25) is 10.0 Å². The summed E-state index contributed by atoms with van der Waals surface area (Å²) in [6, 6.07) is 13.0. The zero-order valence-corrected chi connectivity index (χ0v) is 23.3. The molecule has 2 aromatic carbocycles. The van der Waals surface area contributed by atoms with Gasteiger partial charge in [0.1, 0.15) is 0 Å². The molecule has 0 aromatic heterocycles. The van der Waals surface area contributed by atoms with E-state index in [-0.39, 0.29) is 29.7 Å². The summed E-state index contributed by atoms with van der Waals surface area (Å²) in [7, 11) is 0. The maximum Gasteiger partial charge on any atom is 0.255 e. The fraction of sp³-hybridized carbons (Fsp3) is 0.419. The number of anilines is 1. The lowest BCUT2D eigenvalue weighted by Crippen LogP contribution is -2.55. The van der Waals surface area contributed by atoms with Crippen LogP contribution in [0.3, 0.4) is 0 Å². The van der Waals surface area contributed by atoms with Crippen molar-refractivity contribution in [3.05, 3.63) is 87.6 Å². The third kappa shape index (κ3) is 5.94. The molecule has 1 heterocycles. The van der Waals surface area contributed by atoms with Gasteiger partial charge in [-0.3, -0.25) is 9.59 Å². The number of allylic oxidation sites excluding steroid dienone is 2. The highest BCUT2D eigenvalue weighted by atomic mass is 35.5. The van der Waals surface area contributed by atoms with Crippen molar-refractivity contribution < 1.29 is 9.59 Å². The maximum atomic E-state index is 13.8.